The maximum Gasteiger partial charge on any atom is 0.222 e. The molecule has 4 rings (SSSR count). The number of ether oxygens (including phenoxy) is 1. The summed E-state index contributed by atoms with van der Waals surface area (Å²) in [6.07, 6.45) is 2.17. The average Bonchev–Trinajstić information content (AvgIpc) is 3.31. The first-order chi connectivity index (χ1) is 14.6. The van der Waals surface area contributed by atoms with Gasteiger partial charge in [0, 0.05) is 32.8 Å². The molecule has 0 aliphatic rings. The van der Waals surface area contributed by atoms with Gasteiger partial charge in [0.2, 0.25) is 5.91 Å². The third-order valence-electron chi connectivity index (χ3n) is 5.28. The number of para-hydroxylation sites is 2. The van der Waals surface area contributed by atoms with Gasteiger partial charge in [0.15, 0.2) is 0 Å². The van der Waals surface area contributed by atoms with Crippen LogP contribution in [0.3, 0.4) is 0 Å². The second-order valence-corrected chi connectivity index (χ2v) is 7.35. The van der Waals surface area contributed by atoms with E-state index in [9.17, 15) is 9.18 Å². The Morgan fingerprint density at radius 1 is 1.17 bits per heavy atom. The molecule has 0 saturated carbocycles. The molecule has 0 spiro atoms. The number of methoxy groups -OCH3 is 1. The molecule has 0 aliphatic carbocycles. The first-order valence-electron chi connectivity index (χ1n) is 10.0. The number of rotatable bonds is 8. The molecule has 0 saturated heterocycles. The highest BCUT2D eigenvalue weighted by Gasteiger charge is 2.18. The summed E-state index contributed by atoms with van der Waals surface area (Å²) in [5.41, 5.74) is 2.70. The predicted octanol–water partition coefficient (Wildman–Crippen LogP) is 4.04. The number of imidazole rings is 1. The fourth-order valence-corrected chi connectivity index (χ4v) is 3.79. The Bertz CT molecular complexity index is 1180. The largest absolute Gasteiger partial charge is 0.383 e. The molecule has 6 nitrogen and oxygen atoms in total. The minimum Gasteiger partial charge on any atom is -0.383 e. The lowest BCUT2D eigenvalue weighted by Gasteiger charge is -2.16. The second-order valence-electron chi connectivity index (χ2n) is 7.35. The van der Waals surface area contributed by atoms with Gasteiger partial charge >= 0.3 is 0 Å². The number of nitrogens with zero attached hydrogens (tertiary/aromatic N) is 3. The standard InChI is InChI=1S/C23H25FN4O2/c1-16(23-26-19-5-3-4-6-20(19)28(23)13-14-30-2)25-22(29)10-12-27-11-9-17-7-8-18(24)15-21(17)27/h3-9,11,15-16H,10,12-14H2,1-2H3,(H,25,29)/t16-/m1/s1. The Morgan fingerprint density at radius 3 is 2.83 bits per heavy atom. The molecule has 0 aliphatic heterocycles. The van der Waals surface area contributed by atoms with Gasteiger partial charge in [0.05, 0.1) is 29.2 Å². The second kappa shape index (κ2) is 8.67. The van der Waals surface area contributed by atoms with Crippen LogP contribution in [0.2, 0.25) is 0 Å². The summed E-state index contributed by atoms with van der Waals surface area (Å²) in [5.74, 6) is 0.441. The summed E-state index contributed by atoms with van der Waals surface area (Å²) in [6, 6.07) is 14.3. The number of benzene rings is 2. The van der Waals surface area contributed by atoms with Gasteiger partial charge in [-0.2, -0.15) is 0 Å². The van der Waals surface area contributed by atoms with Gasteiger partial charge in [-0.3, -0.25) is 4.79 Å². The molecule has 0 fully saturated rings. The number of fused-ring (bicyclic) bond motifs is 2. The van der Waals surface area contributed by atoms with E-state index in [0.717, 1.165) is 27.8 Å². The number of hydrogen-bond donors (Lipinski definition) is 1. The molecule has 2 aromatic heterocycles. The lowest BCUT2D eigenvalue weighted by atomic mass is 10.2. The maximum absolute atomic E-state index is 13.6. The molecular weight excluding hydrogens is 383 g/mol. The smallest absolute Gasteiger partial charge is 0.222 e. The Morgan fingerprint density at radius 2 is 2.00 bits per heavy atom. The quantitative estimate of drug-likeness (QED) is 0.479. The van der Waals surface area contributed by atoms with Crippen molar-refractivity contribution in [2.45, 2.75) is 32.5 Å². The zero-order valence-corrected chi connectivity index (χ0v) is 17.1. The van der Waals surface area contributed by atoms with Crippen molar-refractivity contribution in [3.8, 4) is 0 Å². The normalized spacial score (nSPS) is 12.5. The van der Waals surface area contributed by atoms with Crippen LogP contribution in [-0.2, 0) is 22.6 Å². The number of amides is 1. The van der Waals surface area contributed by atoms with E-state index < -0.39 is 0 Å². The van der Waals surface area contributed by atoms with Crippen molar-refractivity contribution in [3.63, 3.8) is 0 Å². The molecule has 0 unspecified atom stereocenters. The van der Waals surface area contributed by atoms with Gasteiger partial charge in [-0.15, -0.1) is 0 Å². The SMILES string of the molecule is COCCn1c([C@@H](C)NC(=O)CCn2ccc3ccc(F)cc32)nc2ccccc21. The van der Waals surface area contributed by atoms with Gasteiger partial charge in [0.25, 0.3) is 0 Å². The van der Waals surface area contributed by atoms with Crippen molar-refractivity contribution in [1.82, 2.24) is 19.4 Å². The van der Waals surface area contributed by atoms with Crippen molar-refractivity contribution < 1.29 is 13.9 Å². The van der Waals surface area contributed by atoms with E-state index >= 15 is 0 Å². The highest BCUT2D eigenvalue weighted by Crippen LogP contribution is 2.21. The van der Waals surface area contributed by atoms with Crippen LogP contribution in [0.15, 0.2) is 54.7 Å². The van der Waals surface area contributed by atoms with Gasteiger partial charge in [-0.05, 0) is 48.7 Å². The minimum atomic E-state index is -0.282. The van der Waals surface area contributed by atoms with Crippen LogP contribution < -0.4 is 5.32 Å². The first-order valence-corrected chi connectivity index (χ1v) is 10.0. The van der Waals surface area contributed by atoms with E-state index in [1.807, 2.05) is 48.0 Å². The number of aryl methyl sites for hydroxylation is 1. The highest BCUT2D eigenvalue weighted by molar-refractivity contribution is 5.81. The number of hydrogen-bond acceptors (Lipinski definition) is 3. The van der Waals surface area contributed by atoms with Crippen LogP contribution in [0.5, 0.6) is 0 Å². The van der Waals surface area contributed by atoms with Crippen molar-refractivity contribution in [2.75, 3.05) is 13.7 Å². The molecule has 2 heterocycles. The van der Waals surface area contributed by atoms with Crippen molar-refractivity contribution >= 4 is 27.8 Å². The Kier molecular flexibility index (Phi) is 5.81. The molecular formula is C23H25FN4O2. The Hall–Kier alpha value is -3.19. The molecule has 7 heteroatoms. The molecule has 1 atom stereocenters. The van der Waals surface area contributed by atoms with Crippen LogP contribution >= 0.6 is 0 Å². The van der Waals surface area contributed by atoms with Gasteiger partial charge in [-0.25, -0.2) is 9.37 Å². The third-order valence-corrected chi connectivity index (χ3v) is 5.28. The average molecular weight is 408 g/mol. The van der Waals surface area contributed by atoms with Crippen molar-refractivity contribution in [1.29, 1.82) is 0 Å². The highest BCUT2D eigenvalue weighted by atomic mass is 19.1. The third kappa shape index (κ3) is 4.07. The lowest BCUT2D eigenvalue weighted by Crippen LogP contribution is -2.29. The van der Waals surface area contributed by atoms with E-state index in [1.165, 1.54) is 12.1 Å². The summed E-state index contributed by atoms with van der Waals surface area (Å²) >= 11 is 0. The molecule has 0 radical (unpaired) electrons. The summed E-state index contributed by atoms with van der Waals surface area (Å²) in [7, 11) is 1.67. The summed E-state index contributed by atoms with van der Waals surface area (Å²) in [4.78, 5) is 17.3. The Balaban J connectivity index is 1.46. The van der Waals surface area contributed by atoms with Crippen molar-refractivity contribution in [3.05, 3.63) is 66.4 Å². The van der Waals surface area contributed by atoms with E-state index in [2.05, 4.69) is 9.88 Å². The summed E-state index contributed by atoms with van der Waals surface area (Å²) in [6.45, 7) is 3.63. The van der Waals surface area contributed by atoms with Gasteiger partial charge in [0.1, 0.15) is 11.6 Å². The number of carbonyl (C=O) groups excluding carboxylic acids is 1. The zero-order chi connectivity index (χ0) is 21.1. The number of aromatic nitrogens is 3. The molecule has 30 heavy (non-hydrogen) atoms. The maximum atomic E-state index is 13.6. The van der Waals surface area contributed by atoms with E-state index in [0.29, 0.717) is 26.1 Å². The molecule has 0 bridgehead atoms. The molecule has 1 amide bonds. The van der Waals surface area contributed by atoms with E-state index in [4.69, 9.17) is 9.72 Å². The Labute approximate surface area is 174 Å². The first kappa shape index (κ1) is 20.1. The number of nitrogens with one attached hydrogen (secondary N) is 1. The van der Waals surface area contributed by atoms with Crippen LogP contribution in [0.25, 0.3) is 21.9 Å². The van der Waals surface area contributed by atoms with Crippen LogP contribution in [0.1, 0.15) is 25.2 Å². The van der Waals surface area contributed by atoms with Gasteiger partial charge in [-0.1, -0.05) is 12.1 Å². The van der Waals surface area contributed by atoms with Crippen LogP contribution in [-0.4, -0.2) is 33.7 Å². The van der Waals surface area contributed by atoms with Crippen LogP contribution in [0, 0.1) is 5.82 Å². The van der Waals surface area contributed by atoms with Crippen LogP contribution in [0.4, 0.5) is 4.39 Å². The van der Waals surface area contributed by atoms with Gasteiger partial charge < -0.3 is 19.2 Å². The monoisotopic (exact) mass is 408 g/mol. The fraction of sp³-hybridized carbons (Fsp3) is 0.304. The van der Waals surface area contributed by atoms with E-state index in [1.54, 1.807) is 13.2 Å². The summed E-state index contributed by atoms with van der Waals surface area (Å²) < 4.78 is 22.8. The molecule has 4 aromatic rings. The minimum absolute atomic E-state index is 0.0777. The fourth-order valence-electron chi connectivity index (χ4n) is 3.79. The lowest BCUT2D eigenvalue weighted by molar-refractivity contribution is -0.122. The summed E-state index contributed by atoms with van der Waals surface area (Å²) in [5, 5.41) is 4.00. The number of carbonyl (C=O) groups is 1. The number of halogens is 1. The molecule has 156 valence electrons. The predicted molar refractivity (Wildman–Crippen MR) is 115 cm³/mol. The molecule has 1 N–H and O–H groups in total. The zero-order valence-electron chi connectivity index (χ0n) is 17.1. The topological polar surface area (TPSA) is 61.1 Å². The van der Waals surface area contributed by atoms with Crippen molar-refractivity contribution in [2.24, 2.45) is 0 Å². The van der Waals surface area contributed by atoms with E-state index in [-0.39, 0.29) is 17.8 Å². The molecule has 2 aromatic carbocycles.